The minimum atomic E-state index is 0.270. The van der Waals surface area contributed by atoms with E-state index < -0.39 is 0 Å². The summed E-state index contributed by atoms with van der Waals surface area (Å²) in [6.07, 6.45) is 24.3. The summed E-state index contributed by atoms with van der Waals surface area (Å²) in [6.45, 7) is 17.4. The SMILES string of the molecule is CCCCOc1nc(NC2=CCC(=C=C3CC4CCC3(C)C4(C)C)C=C2)nc(NC2=CCC(=C=C3CC4CCC3(C)C4(C)C)C=C2)n1. The molecule has 4 atom stereocenters. The number of hydrogen-bond acceptors (Lipinski definition) is 6. The lowest BCUT2D eigenvalue weighted by molar-refractivity contribution is 0.179. The Balaban J connectivity index is 1.05. The first-order valence-corrected chi connectivity index (χ1v) is 18.1. The van der Waals surface area contributed by atoms with Gasteiger partial charge in [0, 0.05) is 22.2 Å². The second-order valence-electron chi connectivity index (χ2n) is 16.4. The molecular formula is C41H53N5O. The van der Waals surface area contributed by atoms with Crippen LogP contribution in [0.25, 0.3) is 0 Å². The van der Waals surface area contributed by atoms with Crippen molar-refractivity contribution in [3.8, 4) is 6.01 Å². The molecule has 6 nitrogen and oxygen atoms in total. The van der Waals surface area contributed by atoms with E-state index in [0.29, 0.717) is 35.3 Å². The number of rotatable bonds is 8. The van der Waals surface area contributed by atoms with Crippen LogP contribution < -0.4 is 15.4 Å². The largest absolute Gasteiger partial charge is 0.463 e. The summed E-state index contributed by atoms with van der Waals surface area (Å²) in [5.41, 5.74) is 16.4. The average molecular weight is 632 g/mol. The monoisotopic (exact) mass is 631 g/mol. The summed E-state index contributed by atoms with van der Waals surface area (Å²) in [5.74, 6) is 2.51. The van der Waals surface area contributed by atoms with Crippen molar-refractivity contribution in [1.29, 1.82) is 0 Å². The highest BCUT2D eigenvalue weighted by atomic mass is 16.5. The van der Waals surface area contributed by atoms with Crippen LogP contribution in [0.15, 0.2) is 81.6 Å². The summed E-state index contributed by atoms with van der Waals surface area (Å²) in [5, 5.41) is 6.82. The molecule has 1 aromatic heterocycles. The Hall–Kier alpha value is -3.59. The number of nitrogens with zero attached hydrogens (tertiary/aromatic N) is 3. The topological polar surface area (TPSA) is 72.0 Å². The van der Waals surface area contributed by atoms with Gasteiger partial charge in [0.05, 0.1) is 6.61 Å². The van der Waals surface area contributed by atoms with E-state index in [-0.39, 0.29) is 10.8 Å². The van der Waals surface area contributed by atoms with E-state index in [1.54, 1.807) is 0 Å². The van der Waals surface area contributed by atoms with E-state index in [2.05, 4.69) is 117 Å². The predicted octanol–water partition coefficient (Wildman–Crippen LogP) is 10.2. The molecule has 4 unspecified atom stereocenters. The quantitative estimate of drug-likeness (QED) is 0.220. The summed E-state index contributed by atoms with van der Waals surface area (Å²) < 4.78 is 5.94. The van der Waals surface area contributed by atoms with Gasteiger partial charge in [-0.15, -0.1) is 11.5 Å². The molecule has 6 aliphatic carbocycles. The van der Waals surface area contributed by atoms with Crippen LogP contribution in [0.1, 0.15) is 113 Å². The molecule has 6 heteroatoms. The number of ether oxygens (including phenoxy) is 1. The highest BCUT2D eigenvalue weighted by molar-refractivity contribution is 5.51. The third kappa shape index (κ3) is 5.58. The smallest absolute Gasteiger partial charge is 0.323 e. The van der Waals surface area contributed by atoms with Gasteiger partial charge in [0.2, 0.25) is 11.9 Å². The van der Waals surface area contributed by atoms with Crippen molar-refractivity contribution < 1.29 is 4.74 Å². The van der Waals surface area contributed by atoms with Gasteiger partial charge in [-0.05, 0) is 127 Å². The zero-order valence-corrected chi connectivity index (χ0v) is 29.6. The van der Waals surface area contributed by atoms with Crippen molar-refractivity contribution in [2.45, 2.75) is 113 Å². The standard InChI is InChI=1S/C41H53N5O/c1-8-9-22-47-37-45-35(42-33-14-10-27(11-15-33)23-31-25-29-18-20-40(31,6)38(29,2)3)44-36(46-37)43-34-16-12-28(13-17-34)24-32-26-30-19-21-41(32,7)39(30,4)5/h10,12,14-17,29-30H,8-9,11,13,18-22,25-26H2,1-7H3,(H2,42,43,44,45,46). The fourth-order valence-corrected chi connectivity index (χ4v) is 9.26. The Morgan fingerprint density at radius 3 is 1.57 bits per heavy atom. The predicted molar refractivity (Wildman–Crippen MR) is 191 cm³/mol. The van der Waals surface area contributed by atoms with Gasteiger partial charge >= 0.3 is 6.01 Å². The van der Waals surface area contributed by atoms with Crippen molar-refractivity contribution in [3.05, 3.63) is 81.6 Å². The minimum Gasteiger partial charge on any atom is -0.463 e. The fraction of sp³-hybridized carbons (Fsp3) is 0.585. The van der Waals surface area contributed by atoms with Gasteiger partial charge in [0.15, 0.2) is 0 Å². The number of fused-ring (bicyclic) bond motifs is 4. The second kappa shape index (κ2) is 11.8. The Morgan fingerprint density at radius 1 is 0.723 bits per heavy atom. The molecule has 1 heterocycles. The lowest BCUT2D eigenvalue weighted by Gasteiger charge is -2.34. The first kappa shape index (κ1) is 32.0. The van der Waals surface area contributed by atoms with Gasteiger partial charge in [-0.2, -0.15) is 15.0 Å². The molecular weight excluding hydrogens is 578 g/mol. The number of anilines is 2. The third-order valence-electron chi connectivity index (χ3n) is 13.6. The molecule has 2 N–H and O–H groups in total. The molecule has 6 aliphatic rings. The van der Waals surface area contributed by atoms with Crippen molar-refractivity contribution in [2.75, 3.05) is 17.2 Å². The van der Waals surface area contributed by atoms with Crippen molar-refractivity contribution in [1.82, 2.24) is 15.0 Å². The summed E-state index contributed by atoms with van der Waals surface area (Å²) in [7, 11) is 0. The van der Waals surface area contributed by atoms with Crippen LogP contribution in [-0.4, -0.2) is 21.6 Å². The highest BCUT2D eigenvalue weighted by Crippen LogP contribution is 2.68. The molecule has 47 heavy (non-hydrogen) atoms. The number of hydrogen-bond donors (Lipinski definition) is 2. The third-order valence-corrected chi connectivity index (χ3v) is 13.6. The number of allylic oxidation sites excluding steroid dienone is 8. The fourth-order valence-electron chi connectivity index (χ4n) is 9.26. The molecule has 0 radical (unpaired) electrons. The molecule has 248 valence electrons. The Kier molecular flexibility index (Phi) is 8.05. The average Bonchev–Trinajstić information content (AvgIpc) is 3.55. The number of unbranched alkanes of at least 4 members (excludes halogenated alkanes) is 1. The molecule has 4 fully saturated rings. The van der Waals surface area contributed by atoms with E-state index >= 15 is 0 Å². The molecule has 4 saturated carbocycles. The van der Waals surface area contributed by atoms with Crippen LogP contribution in [0, 0.1) is 33.5 Å². The summed E-state index contributed by atoms with van der Waals surface area (Å²) >= 11 is 0. The molecule has 7 rings (SSSR count). The molecule has 0 spiro atoms. The normalized spacial score (nSPS) is 31.1. The first-order valence-electron chi connectivity index (χ1n) is 18.1. The van der Waals surface area contributed by atoms with Crippen LogP contribution in [-0.2, 0) is 0 Å². The van der Waals surface area contributed by atoms with Gasteiger partial charge < -0.3 is 15.4 Å². The Bertz CT molecular complexity index is 1600. The van der Waals surface area contributed by atoms with Crippen LogP contribution in [0.4, 0.5) is 11.9 Å². The van der Waals surface area contributed by atoms with E-state index in [4.69, 9.17) is 9.72 Å². The van der Waals surface area contributed by atoms with E-state index in [1.165, 1.54) is 60.8 Å². The van der Waals surface area contributed by atoms with Crippen molar-refractivity contribution >= 4 is 11.9 Å². The number of nitrogens with one attached hydrogen (secondary N) is 2. The molecule has 0 aliphatic heterocycles. The van der Waals surface area contributed by atoms with Gasteiger partial charge in [-0.3, -0.25) is 0 Å². The highest BCUT2D eigenvalue weighted by Gasteiger charge is 2.59. The van der Waals surface area contributed by atoms with E-state index in [1.807, 2.05) is 0 Å². The first-order chi connectivity index (χ1) is 22.4. The lowest BCUT2D eigenvalue weighted by Crippen LogP contribution is -2.27. The molecule has 0 aromatic carbocycles. The molecule has 0 saturated heterocycles. The maximum Gasteiger partial charge on any atom is 0.323 e. The Labute approximate surface area is 282 Å². The lowest BCUT2D eigenvalue weighted by atomic mass is 9.69. The maximum atomic E-state index is 5.94. The number of aromatic nitrogens is 3. The Morgan fingerprint density at radius 2 is 1.21 bits per heavy atom. The maximum absolute atomic E-state index is 5.94. The van der Waals surface area contributed by atoms with Crippen molar-refractivity contribution in [3.63, 3.8) is 0 Å². The van der Waals surface area contributed by atoms with E-state index in [0.717, 1.165) is 48.9 Å². The van der Waals surface area contributed by atoms with Crippen molar-refractivity contribution in [2.24, 2.45) is 33.5 Å². The zero-order chi connectivity index (χ0) is 33.0. The molecule has 4 bridgehead atoms. The second-order valence-corrected chi connectivity index (χ2v) is 16.4. The summed E-state index contributed by atoms with van der Waals surface area (Å²) in [4.78, 5) is 13.9. The van der Waals surface area contributed by atoms with Crippen LogP contribution >= 0.6 is 0 Å². The molecule has 0 amide bonds. The van der Waals surface area contributed by atoms with Gasteiger partial charge in [0.25, 0.3) is 0 Å². The molecule has 1 aromatic rings. The van der Waals surface area contributed by atoms with Crippen LogP contribution in [0.3, 0.4) is 0 Å². The van der Waals surface area contributed by atoms with Gasteiger partial charge in [-0.1, -0.05) is 67.0 Å². The minimum absolute atomic E-state index is 0.270. The van der Waals surface area contributed by atoms with Gasteiger partial charge in [0.1, 0.15) is 0 Å². The van der Waals surface area contributed by atoms with Crippen LogP contribution in [0.2, 0.25) is 0 Å². The van der Waals surface area contributed by atoms with Crippen LogP contribution in [0.5, 0.6) is 6.01 Å². The van der Waals surface area contributed by atoms with Gasteiger partial charge in [-0.25, -0.2) is 0 Å². The zero-order valence-electron chi connectivity index (χ0n) is 29.6. The van der Waals surface area contributed by atoms with E-state index in [9.17, 15) is 0 Å². The summed E-state index contributed by atoms with van der Waals surface area (Å²) in [6, 6.07) is 0.328.